The SMILES string of the molecule is c1ccc2c(-c3cocn3)ccnc2c1. The Morgan fingerprint density at radius 3 is 2.80 bits per heavy atom. The molecule has 0 unspecified atom stereocenters. The molecule has 2 heterocycles. The minimum absolute atomic E-state index is 0.841. The molecule has 0 atom stereocenters. The molecule has 0 aliphatic heterocycles. The molecular formula is C12H8N2O. The number of hydrogen-bond donors (Lipinski definition) is 0. The summed E-state index contributed by atoms with van der Waals surface area (Å²) >= 11 is 0. The second-order valence-electron chi connectivity index (χ2n) is 3.25. The molecule has 0 saturated carbocycles. The van der Waals surface area contributed by atoms with E-state index < -0.39 is 0 Å². The van der Waals surface area contributed by atoms with E-state index in [4.69, 9.17) is 4.42 Å². The molecular weight excluding hydrogens is 188 g/mol. The summed E-state index contributed by atoms with van der Waals surface area (Å²) in [4.78, 5) is 8.44. The Labute approximate surface area is 86.4 Å². The minimum atomic E-state index is 0.841. The number of oxazole rings is 1. The molecule has 3 rings (SSSR count). The molecule has 2 aromatic heterocycles. The first-order chi connectivity index (χ1) is 7.45. The van der Waals surface area contributed by atoms with Gasteiger partial charge in [0.05, 0.1) is 5.52 Å². The van der Waals surface area contributed by atoms with Crippen molar-refractivity contribution in [1.82, 2.24) is 9.97 Å². The number of fused-ring (bicyclic) bond motifs is 1. The quantitative estimate of drug-likeness (QED) is 0.600. The van der Waals surface area contributed by atoms with Gasteiger partial charge in [-0.15, -0.1) is 0 Å². The van der Waals surface area contributed by atoms with Crippen LogP contribution in [0.1, 0.15) is 0 Å². The number of rotatable bonds is 1. The van der Waals surface area contributed by atoms with Gasteiger partial charge in [0.2, 0.25) is 0 Å². The maximum Gasteiger partial charge on any atom is 0.181 e. The fourth-order valence-corrected chi connectivity index (χ4v) is 1.66. The fraction of sp³-hybridized carbons (Fsp3) is 0. The van der Waals surface area contributed by atoms with Crippen LogP contribution in [-0.4, -0.2) is 9.97 Å². The molecule has 0 bridgehead atoms. The highest BCUT2D eigenvalue weighted by Crippen LogP contribution is 2.25. The van der Waals surface area contributed by atoms with E-state index in [1.807, 2.05) is 30.3 Å². The van der Waals surface area contributed by atoms with Crippen LogP contribution in [0, 0.1) is 0 Å². The lowest BCUT2D eigenvalue weighted by molar-refractivity contribution is 0.558. The first-order valence-electron chi connectivity index (χ1n) is 4.67. The van der Waals surface area contributed by atoms with Crippen molar-refractivity contribution < 1.29 is 4.42 Å². The Hall–Kier alpha value is -2.16. The summed E-state index contributed by atoms with van der Waals surface area (Å²) in [6.45, 7) is 0. The lowest BCUT2D eigenvalue weighted by atomic mass is 10.1. The monoisotopic (exact) mass is 196 g/mol. The molecule has 0 saturated heterocycles. The van der Waals surface area contributed by atoms with E-state index in [2.05, 4.69) is 9.97 Å². The van der Waals surface area contributed by atoms with Crippen LogP contribution in [-0.2, 0) is 0 Å². The van der Waals surface area contributed by atoms with Crippen LogP contribution in [0.25, 0.3) is 22.2 Å². The van der Waals surface area contributed by atoms with Crippen LogP contribution < -0.4 is 0 Å². The van der Waals surface area contributed by atoms with Gasteiger partial charge in [-0.2, -0.15) is 0 Å². The van der Waals surface area contributed by atoms with Crippen molar-refractivity contribution >= 4 is 10.9 Å². The van der Waals surface area contributed by atoms with Crippen molar-refractivity contribution in [2.75, 3.05) is 0 Å². The largest absolute Gasteiger partial charge is 0.451 e. The summed E-state index contributed by atoms with van der Waals surface area (Å²) in [5, 5.41) is 1.09. The van der Waals surface area contributed by atoms with Crippen molar-refractivity contribution in [3.63, 3.8) is 0 Å². The number of para-hydroxylation sites is 1. The Morgan fingerprint density at radius 2 is 1.93 bits per heavy atom. The number of pyridine rings is 1. The maximum absolute atomic E-state index is 4.99. The van der Waals surface area contributed by atoms with Gasteiger partial charge >= 0.3 is 0 Å². The predicted octanol–water partition coefficient (Wildman–Crippen LogP) is 2.89. The zero-order chi connectivity index (χ0) is 10.1. The number of nitrogens with zero attached hydrogens (tertiary/aromatic N) is 2. The molecule has 3 nitrogen and oxygen atoms in total. The highest BCUT2D eigenvalue weighted by Gasteiger charge is 2.05. The summed E-state index contributed by atoms with van der Waals surface area (Å²) in [6, 6.07) is 9.93. The van der Waals surface area contributed by atoms with E-state index >= 15 is 0 Å². The highest BCUT2D eigenvalue weighted by molar-refractivity contribution is 5.92. The lowest BCUT2D eigenvalue weighted by Gasteiger charge is -2.01. The molecule has 0 N–H and O–H groups in total. The van der Waals surface area contributed by atoms with Crippen molar-refractivity contribution in [3.8, 4) is 11.3 Å². The Balaban J connectivity index is 2.36. The third kappa shape index (κ3) is 1.29. The van der Waals surface area contributed by atoms with Gasteiger partial charge < -0.3 is 4.42 Å². The van der Waals surface area contributed by atoms with Crippen molar-refractivity contribution in [2.45, 2.75) is 0 Å². The second-order valence-corrected chi connectivity index (χ2v) is 3.25. The van der Waals surface area contributed by atoms with Gasteiger partial charge in [-0.3, -0.25) is 4.98 Å². The molecule has 0 radical (unpaired) electrons. The standard InChI is InChI=1S/C12H8N2O/c1-2-4-11-9(3-1)10(5-6-13-11)12-7-15-8-14-12/h1-8H. The third-order valence-corrected chi connectivity index (χ3v) is 2.36. The highest BCUT2D eigenvalue weighted by atomic mass is 16.3. The summed E-state index contributed by atoms with van der Waals surface area (Å²) in [5.74, 6) is 0. The molecule has 72 valence electrons. The van der Waals surface area contributed by atoms with E-state index in [0.29, 0.717) is 0 Å². The maximum atomic E-state index is 4.99. The van der Waals surface area contributed by atoms with Gasteiger partial charge in [0.15, 0.2) is 6.39 Å². The molecule has 0 amide bonds. The van der Waals surface area contributed by atoms with Gasteiger partial charge in [-0.05, 0) is 12.1 Å². The molecule has 1 aromatic carbocycles. The Bertz CT molecular complexity index is 582. The summed E-state index contributed by atoms with van der Waals surface area (Å²) in [6.07, 6.45) is 4.86. The first kappa shape index (κ1) is 8.17. The summed E-state index contributed by atoms with van der Waals surface area (Å²) in [5.41, 5.74) is 2.86. The summed E-state index contributed by atoms with van der Waals surface area (Å²) in [7, 11) is 0. The lowest BCUT2D eigenvalue weighted by Crippen LogP contribution is -1.83. The first-order valence-corrected chi connectivity index (χ1v) is 4.67. The zero-order valence-corrected chi connectivity index (χ0v) is 7.92. The van der Waals surface area contributed by atoms with Gasteiger partial charge in [0.1, 0.15) is 12.0 Å². The second kappa shape index (κ2) is 3.20. The third-order valence-electron chi connectivity index (χ3n) is 2.36. The zero-order valence-electron chi connectivity index (χ0n) is 7.92. The normalized spacial score (nSPS) is 10.7. The van der Waals surface area contributed by atoms with Crippen molar-refractivity contribution in [2.24, 2.45) is 0 Å². The average molecular weight is 196 g/mol. The smallest absolute Gasteiger partial charge is 0.181 e. The van der Waals surface area contributed by atoms with Crippen molar-refractivity contribution in [3.05, 3.63) is 49.2 Å². The fourth-order valence-electron chi connectivity index (χ4n) is 1.66. The van der Waals surface area contributed by atoms with Gasteiger partial charge in [0.25, 0.3) is 0 Å². The van der Waals surface area contributed by atoms with E-state index in [-0.39, 0.29) is 0 Å². The van der Waals surface area contributed by atoms with E-state index in [0.717, 1.165) is 22.2 Å². The molecule has 15 heavy (non-hydrogen) atoms. The minimum Gasteiger partial charge on any atom is -0.451 e. The molecule has 0 aliphatic carbocycles. The predicted molar refractivity (Wildman–Crippen MR) is 57.2 cm³/mol. The molecule has 0 aliphatic rings. The van der Waals surface area contributed by atoms with Crippen LogP contribution in [0.5, 0.6) is 0 Å². The van der Waals surface area contributed by atoms with Gasteiger partial charge in [-0.1, -0.05) is 18.2 Å². The van der Waals surface area contributed by atoms with Crippen LogP contribution in [0.4, 0.5) is 0 Å². The Morgan fingerprint density at radius 1 is 1.00 bits per heavy atom. The van der Waals surface area contributed by atoms with E-state index in [1.54, 1.807) is 12.5 Å². The molecule has 0 spiro atoms. The van der Waals surface area contributed by atoms with Gasteiger partial charge in [0, 0.05) is 17.1 Å². The number of benzene rings is 1. The van der Waals surface area contributed by atoms with Crippen molar-refractivity contribution in [1.29, 1.82) is 0 Å². The van der Waals surface area contributed by atoms with Gasteiger partial charge in [-0.25, -0.2) is 4.98 Å². The Kier molecular flexibility index (Phi) is 1.75. The van der Waals surface area contributed by atoms with E-state index in [1.165, 1.54) is 6.39 Å². The number of aromatic nitrogens is 2. The number of hydrogen-bond acceptors (Lipinski definition) is 3. The van der Waals surface area contributed by atoms with E-state index in [9.17, 15) is 0 Å². The van der Waals surface area contributed by atoms with Crippen LogP contribution in [0.15, 0.2) is 53.6 Å². The topological polar surface area (TPSA) is 38.9 Å². The summed E-state index contributed by atoms with van der Waals surface area (Å²) < 4.78 is 4.99. The van der Waals surface area contributed by atoms with Crippen LogP contribution in [0.2, 0.25) is 0 Å². The molecule has 0 fully saturated rings. The van der Waals surface area contributed by atoms with Crippen LogP contribution >= 0.6 is 0 Å². The molecule has 3 aromatic rings. The average Bonchev–Trinajstić information content (AvgIpc) is 2.82. The van der Waals surface area contributed by atoms with Crippen LogP contribution in [0.3, 0.4) is 0 Å². The molecule has 3 heteroatoms.